The molecule has 0 aliphatic carbocycles. The molecule has 0 atom stereocenters. The highest BCUT2D eigenvalue weighted by Crippen LogP contribution is 2.33. The average molecular weight is 528 g/mol. The van der Waals surface area contributed by atoms with E-state index in [9.17, 15) is 10.1 Å². The van der Waals surface area contributed by atoms with Crippen LogP contribution < -0.4 is 9.47 Å². The Morgan fingerprint density at radius 1 is 1.05 bits per heavy atom. The number of ether oxygens (including phenoxy) is 3. The Morgan fingerprint density at radius 3 is 2.31 bits per heavy atom. The average Bonchev–Trinajstić information content (AvgIpc) is 2.96. The molecule has 0 radical (unpaired) electrons. The molecule has 1 heterocycles. The zero-order valence-corrected chi connectivity index (χ0v) is 24.4. The highest BCUT2D eigenvalue weighted by atomic mass is 16.5. The maximum absolute atomic E-state index is 11.8. The molecule has 0 N–H and O–H groups in total. The quantitative estimate of drug-likeness (QED) is 0.242. The van der Waals surface area contributed by atoms with Crippen LogP contribution in [-0.4, -0.2) is 32.2 Å². The number of allylic oxidation sites excluding steroid dienone is 7. The lowest BCUT2D eigenvalue weighted by Crippen LogP contribution is -2.26. The first-order valence-corrected chi connectivity index (χ1v) is 13.5. The highest BCUT2D eigenvalue weighted by Gasteiger charge is 2.18. The van der Waals surface area contributed by atoms with Crippen LogP contribution in [0.1, 0.15) is 81.4 Å². The van der Waals surface area contributed by atoms with Crippen molar-refractivity contribution < 1.29 is 19.0 Å². The molecule has 2 aromatic rings. The third kappa shape index (κ3) is 8.30. The summed E-state index contributed by atoms with van der Waals surface area (Å²) < 4.78 is 17.1. The number of benzene rings is 2. The van der Waals surface area contributed by atoms with Crippen molar-refractivity contribution in [3.63, 3.8) is 0 Å². The van der Waals surface area contributed by atoms with E-state index < -0.39 is 0 Å². The van der Waals surface area contributed by atoms with Gasteiger partial charge in [0.15, 0.2) is 5.78 Å². The molecule has 0 unspecified atom stereocenters. The van der Waals surface area contributed by atoms with Crippen molar-refractivity contribution >= 4 is 16.9 Å². The second kappa shape index (κ2) is 15.5. The second-order valence-electron chi connectivity index (χ2n) is 9.11. The summed E-state index contributed by atoms with van der Waals surface area (Å²) in [6.07, 6.45) is 7.73. The van der Waals surface area contributed by atoms with Crippen LogP contribution in [0.25, 0.3) is 11.1 Å². The van der Waals surface area contributed by atoms with Gasteiger partial charge in [-0.2, -0.15) is 5.26 Å². The summed E-state index contributed by atoms with van der Waals surface area (Å²) in [7, 11) is 1.60. The van der Waals surface area contributed by atoms with E-state index >= 15 is 0 Å². The zero-order valence-electron chi connectivity index (χ0n) is 24.4. The van der Waals surface area contributed by atoms with Crippen molar-refractivity contribution in [2.24, 2.45) is 0 Å². The first-order chi connectivity index (χ1) is 18.8. The normalized spacial score (nSPS) is 14.6. The molecule has 1 saturated heterocycles. The lowest BCUT2D eigenvalue weighted by atomic mass is 9.92. The van der Waals surface area contributed by atoms with Crippen molar-refractivity contribution in [3.05, 3.63) is 94.6 Å². The number of ketones is 1. The fourth-order valence-corrected chi connectivity index (χ4v) is 4.32. The molecule has 5 nitrogen and oxygen atoms in total. The monoisotopic (exact) mass is 527 g/mol. The van der Waals surface area contributed by atoms with Crippen LogP contribution in [0.4, 0.5) is 0 Å². The Balaban J connectivity index is 0.00000260. The van der Waals surface area contributed by atoms with Gasteiger partial charge in [0.1, 0.15) is 23.7 Å². The first-order valence-electron chi connectivity index (χ1n) is 13.5. The van der Waals surface area contributed by atoms with Gasteiger partial charge in [-0.15, -0.1) is 0 Å². The Bertz CT molecular complexity index is 1300. The van der Waals surface area contributed by atoms with Crippen LogP contribution in [0.5, 0.6) is 11.5 Å². The van der Waals surface area contributed by atoms with Crippen LogP contribution in [0.15, 0.2) is 72.4 Å². The number of rotatable bonds is 9. The smallest absolute Gasteiger partial charge is 0.159 e. The molecule has 2 aromatic carbocycles. The van der Waals surface area contributed by atoms with Gasteiger partial charge in [-0.25, -0.2) is 0 Å². The van der Waals surface area contributed by atoms with Gasteiger partial charge in [-0.1, -0.05) is 56.9 Å². The molecule has 206 valence electrons. The maximum atomic E-state index is 11.8. The topological polar surface area (TPSA) is 68.6 Å². The Morgan fingerprint density at radius 2 is 1.72 bits per heavy atom. The number of nitriles is 1. The van der Waals surface area contributed by atoms with Crippen molar-refractivity contribution in [1.82, 2.24) is 0 Å². The van der Waals surface area contributed by atoms with Crippen LogP contribution >= 0.6 is 0 Å². The van der Waals surface area contributed by atoms with Gasteiger partial charge in [0.25, 0.3) is 0 Å². The molecule has 3 rings (SSSR count). The summed E-state index contributed by atoms with van der Waals surface area (Å²) in [5.41, 5.74) is 6.70. The van der Waals surface area contributed by atoms with Gasteiger partial charge in [-0.3, -0.25) is 4.79 Å². The van der Waals surface area contributed by atoms with Gasteiger partial charge in [-0.05, 0) is 73.7 Å². The Labute approximate surface area is 234 Å². The van der Waals surface area contributed by atoms with E-state index in [0.717, 1.165) is 46.3 Å². The number of nitrogens with zero attached hydrogens (tertiary/aromatic N) is 1. The van der Waals surface area contributed by atoms with E-state index in [0.29, 0.717) is 35.8 Å². The first kappa shape index (κ1) is 31.3. The summed E-state index contributed by atoms with van der Waals surface area (Å²) in [6.45, 7) is 17.2. The number of carbonyl (C=O) groups is 1. The molecular weight excluding hydrogens is 486 g/mol. The predicted molar refractivity (Wildman–Crippen MR) is 160 cm³/mol. The lowest BCUT2D eigenvalue weighted by molar-refractivity contribution is 0.0254. The SMILES string of the molecule is C=C(/C=C(\C)c1ccc(C(C)=O)cc1OC)/C(C)=C(\C=C/C)c1ccc(OC2CCOCC2)c(C#N)c1.CC. The molecule has 1 aliphatic heterocycles. The fraction of sp³-hybridized carbons (Fsp3) is 0.353. The summed E-state index contributed by atoms with van der Waals surface area (Å²) in [4.78, 5) is 11.8. The van der Waals surface area contributed by atoms with Gasteiger partial charge in [0, 0.05) is 24.0 Å². The predicted octanol–water partition coefficient (Wildman–Crippen LogP) is 8.36. The molecule has 5 heteroatoms. The maximum Gasteiger partial charge on any atom is 0.159 e. The van der Waals surface area contributed by atoms with Crippen molar-refractivity contribution in [2.45, 2.75) is 60.5 Å². The third-order valence-corrected chi connectivity index (χ3v) is 6.52. The van der Waals surface area contributed by atoms with E-state index in [2.05, 4.69) is 12.6 Å². The number of Topliss-reactive ketones (excluding diaryl/α,β-unsaturated/α-hetero) is 1. The minimum absolute atomic E-state index is 0.00780. The van der Waals surface area contributed by atoms with Crippen LogP contribution in [0.2, 0.25) is 0 Å². The summed E-state index contributed by atoms with van der Waals surface area (Å²) in [5.74, 6) is 1.24. The largest absolute Gasteiger partial charge is 0.496 e. The van der Waals surface area contributed by atoms with Crippen molar-refractivity contribution in [2.75, 3.05) is 20.3 Å². The molecule has 0 saturated carbocycles. The molecule has 0 spiro atoms. The molecule has 1 aliphatic rings. The molecule has 1 fully saturated rings. The molecule has 39 heavy (non-hydrogen) atoms. The zero-order chi connectivity index (χ0) is 28.9. The minimum atomic E-state index is -0.00780. The highest BCUT2D eigenvalue weighted by molar-refractivity contribution is 5.95. The van der Waals surface area contributed by atoms with Crippen LogP contribution in [0.3, 0.4) is 0 Å². The number of methoxy groups -OCH3 is 1. The summed E-state index contributed by atoms with van der Waals surface area (Å²) in [6, 6.07) is 13.5. The van der Waals surface area contributed by atoms with Gasteiger partial charge < -0.3 is 14.2 Å². The van der Waals surface area contributed by atoms with Gasteiger partial charge in [0.2, 0.25) is 0 Å². The Hall–Kier alpha value is -3.88. The van der Waals surface area contributed by atoms with E-state index in [1.807, 2.05) is 83.2 Å². The minimum Gasteiger partial charge on any atom is -0.496 e. The molecule has 0 amide bonds. The van der Waals surface area contributed by atoms with E-state index in [1.54, 1.807) is 13.2 Å². The summed E-state index contributed by atoms with van der Waals surface area (Å²) >= 11 is 0. The lowest BCUT2D eigenvalue weighted by Gasteiger charge is -2.24. The van der Waals surface area contributed by atoms with Gasteiger partial charge >= 0.3 is 0 Å². The van der Waals surface area contributed by atoms with Gasteiger partial charge in [0.05, 0.1) is 25.9 Å². The molecular formula is C34H41NO4. The van der Waals surface area contributed by atoms with Crippen LogP contribution in [0, 0.1) is 11.3 Å². The second-order valence-corrected chi connectivity index (χ2v) is 9.11. The van der Waals surface area contributed by atoms with E-state index in [4.69, 9.17) is 14.2 Å². The molecule has 0 bridgehead atoms. The standard InChI is InChI=1S/C32H35NO4.C2H6/c1-7-8-30(26-10-12-31(27(18-26)20-33)37-28-13-15-36-16-14-28)23(4)21(2)17-22(3)29-11-9-25(24(5)34)19-32(29)35-6;1-2/h7-12,17-19,28H,2,13-16H2,1,3-6H3;1-2H3/b8-7-,22-17+,30-23+;. The van der Waals surface area contributed by atoms with Crippen LogP contribution in [-0.2, 0) is 4.74 Å². The molecule has 0 aromatic heterocycles. The Kier molecular flexibility index (Phi) is 12.5. The number of carbonyl (C=O) groups excluding carboxylic acids is 1. The third-order valence-electron chi connectivity index (χ3n) is 6.52. The van der Waals surface area contributed by atoms with E-state index in [-0.39, 0.29) is 11.9 Å². The number of hydrogen-bond donors (Lipinski definition) is 0. The van der Waals surface area contributed by atoms with Crippen molar-refractivity contribution in [3.8, 4) is 17.6 Å². The van der Waals surface area contributed by atoms with E-state index in [1.165, 1.54) is 6.92 Å². The van der Waals surface area contributed by atoms with Crippen molar-refractivity contribution in [1.29, 1.82) is 5.26 Å². The summed E-state index contributed by atoms with van der Waals surface area (Å²) in [5, 5.41) is 9.83. The fourth-order valence-electron chi connectivity index (χ4n) is 4.32. The number of hydrogen-bond acceptors (Lipinski definition) is 5.